The van der Waals surface area contributed by atoms with Crippen LogP contribution in [0.25, 0.3) is 0 Å². The van der Waals surface area contributed by atoms with Gasteiger partial charge in [0.25, 0.3) is 5.69 Å². The van der Waals surface area contributed by atoms with E-state index in [1.807, 2.05) is 18.2 Å². The summed E-state index contributed by atoms with van der Waals surface area (Å²) in [5.74, 6) is 1.34. The molecule has 7 nitrogen and oxygen atoms in total. The topological polar surface area (TPSA) is 85.1 Å². The van der Waals surface area contributed by atoms with Crippen LogP contribution in [0.2, 0.25) is 0 Å². The number of non-ortho nitro benzene ring substituents is 1. The van der Waals surface area contributed by atoms with E-state index in [0.717, 1.165) is 36.9 Å². The van der Waals surface area contributed by atoms with Gasteiger partial charge in [-0.3, -0.25) is 10.1 Å². The molecule has 0 spiro atoms. The molecule has 0 heterocycles. The van der Waals surface area contributed by atoms with Gasteiger partial charge in [0.05, 0.1) is 25.2 Å². The van der Waals surface area contributed by atoms with E-state index >= 15 is 0 Å². The van der Waals surface area contributed by atoms with Gasteiger partial charge in [0.15, 0.2) is 11.5 Å². The van der Waals surface area contributed by atoms with Crippen LogP contribution in [-0.4, -0.2) is 36.4 Å². The number of ether oxygens (including phenoxy) is 2. The Hall–Kier alpha value is -2.80. The Balaban J connectivity index is 1.88. The van der Waals surface area contributed by atoms with Crippen molar-refractivity contribution in [1.82, 2.24) is 0 Å². The number of aliphatic hydroxyl groups is 1. The molecule has 2 aromatic rings. The lowest BCUT2D eigenvalue weighted by Gasteiger charge is -2.37. The largest absolute Gasteiger partial charge is 0.493 e. The fourth-order valence-electron chi connectivity index (χ4n) is 3.74. The summed E-state index contributed by atoms with van der Waals surface area (Å²) >= 11 is 0. The Labute approximate surface area is 164 Å². The van der Waals surface area contributed by atoms with Gasteiger partial charge in [-0.1, -0.05) is 6.07 Å². The molecule has 3 rings (SSSR count). The van der Waals surface area contributed by atoms with E-state index in [0.29, 0.717) is 18.0 Å². The number of anilines is 1. The number of nitro groups is 1. The Morgan fingerprint density at radius 1 is 1.04 bits per heavy atom. The van der Waals surface area contributed by atoms with Crippen LogP contribution in [0.1, 0.15) is 31.2 Å². The van der Waals surface area contributed by atoms with E-state index < -0.39 is 0 Å². The second-order valence-electron chi connectivity index (χ2n) is 7.05. The maximum absolute atomic E-state index is 11.0. The molecule has 0 aromatic heterocycles. The molecule has 1 N–H and O–H groups in total. The maximum Gasteiger partial charge on any atom is 0.269 e. The summed E-state index contributed by atoms with van der Waals surface area (Å²) in [5, 5.41) is 20.8. The minimum Gasteiger partial charge on any atom is -0.493 e. The molecule has 0 saturated heterocycles. The Kier molecular flexibility index (Phi) is 6.36. The number of benzene rings is 2. The number of aliphatic hydroxyl groups excluding tert-OH is 1. The predicted molar refractivity (Wildman–Crippen MR) is 107 cm³/mol. The molecule has 0 aliphatic heterocycles. The first kappa shape index (κ1) is 19.9. The van der Waals surface area contributed by atoms with Gasteiger partial charge in [0, 0.05) is 30.4 Å². The molecular formula is C21H26N2O5. The summed E-state index contributed by atoms with van der Waals surface area (Å²) in [6, 6.07) is 12.8. The number of hydrogen-bond acceptors (Lipinski definition) is 6. The monoisotopic (exact) mass is 386 g/mol. The third-order valence-corrected chi connectivity index (χ3v) is 5.30. The molecule has 0 unspecified atom stereocenters. The minimum atomic E-state index is -0.389. The summed E-state index contributed by atoms with van der Waals surface area (Å²) in [4.78, 5) is 12.9. The number of nitrogens with zero attached hydrogens (tertiary/aromatic N) is 2. The van der Waals surface area contributed by atoms with Crippen molar-refractivity contribution in [3.8, 4) is 11.5 Å². The van der Waals surface area contributed by atoms with Crippen molar-refractivity contribution in [1.29, 1.82) is 0 Å². The van der Waals surface area contributed by atoms with E-state index in [4.69, 9.17) is 9.47 Å². The zero-order chi connectivity index (χ0) is 20.1. The number of hydrogen-bond donors (Lipinski definition) is 1. The predicted octanol–water partition coefficient (Wildman–Crippen LogP) is 3.92. The van der Waals surface area contributed by atoms with Gasteiger partial charge in [-0.2, -0.15) is 0 Å². The maximum atomic E-state index is 11.0. The second-order valence-corrected chi connectivity index (χ2v) is 7.05. The van der Waals surface area contributed by atoms with Gasteiger partial charge >= 0.3 is 0 Å². The minimum absolute atomic E-state index is 0.0777. The first-order valence-corrected chi connectivity index (χ1v) is 9.42. The number of rotatable bonds is 7. The van der Waals surface area contributed by atoms with Gasteiger partial charge in [-0.25, -0.2) is 0 Å². The summed E-state index contributed by atoms with van der Waals surface area (Å²) in [7, 11) is 3.21. The fourth-order valence-corrected chi connectivity index (χ4v) is 3.74. The van der Waals surface area contributed by atoms with E-state index in [-0.39, 0.29) is 22.8 Å². The lowest BCUT2D eigenvalue weighted by Crippen LogP contribution is -2.38. The third kappa shape index (κ3) is 4.54. The van der Waals surface area contributed by atoms with Crippen LogP contribution in [0.5, 0.6) is 11.5 Å². The number of nitro benzene ring substituents is 1. The highest BCUT2D eigenvalue weighted by Crippen LogP contribution is 2.33. The summed E-state index contributed by atoms with van der Waals surface area (Å²) in [5.41, 5.74) is 2.07. The summed E-state index contributed by atoms with van der Waals surface area (Å²) in [6.07, 6.45) is 3.05. The molecule has 7 heteroatoms. The average Bonchev–Trinajstić information content (AvgIpc) is 2.72. The third-order valence-electron chi connectivity index (χ3n) is 5.30. The molecular weight excluding hydrogens is 360 g/mol. The second kappa shape index (κ2) is 8.93. The average molecular weight is 386 g/mol. The Bertz CT molecular complexity index is 801. The van der Waals surface area contributed by atoms with Crippen molar-refractivity contribution in [2.45, 2.75) is 44.4 Å². The van der Waals surface area contributed by atoms with Crippen molar-refractivity contribution < 1.29 is 19.5 Å². The normalized spacial score (nSPS) is 19.1. The summed E-state index contributed by atoms with van der Waals surface area (Å²) in [6.45, 7) is 0.638. The van der Waals surface area contributed by atoms with Gasteiger partial charge in [-0.05, 0) is 55.5 Å². The zero-order valence-electron chi connectivity index (χ0n) is 16.2. The Morgan fingerprint density at radius 2 is 1.68 bits per heavy atom. The van der Waals surface area contributed by atoms with Crippen LogP contribution >= 0.6 is 0 Å². The quantitative estimate of drug-likeness (QED) is 0.573. The highest BCUT2D eigenvalue weighted by Gasteiger charge is 2.26. The van der Waals surface area contributed by atoms with Crippen LogP contribution in [0.15, 0.2) is 42.5 Å². The lowest BCUT2D eigenvalue weighted by atomic mass is 9.91. The molecule has 1 aliphatic rings. The lowest BCUT2D eigenvalue weighted by molar-refractivity contribution is -0.384. The van der Waals surface area contributed by atoms with Crippen molar-refractivity contribution in [3.05, 3.63) is 58.1 Å². The smallest absolute Gasteiger partial charge is 0.269 e. The van der Waals surface area contributed by atoms with E-state index in [1.165, 1.54) is 12.1 Å². The highest BCUT2D eigenvalue weighted by molar-refractivity contribution is 5.53. The van der Waals surface area contributed by atoms with Crippen LogP contribution < -0.4 is 14.4 Å². The van der Waals surface area contributed by atoms with Crippen LogP contribution in [0, 0.1) is 10.1 Å². The first-order chi connectivity index (χ1) is 13.5. The van der Waals surface area contributed by atoms with Crippen molar-refractivity contribution >= 4 is 11.4 Å². The van der Waals surface area contributed by atoms with Crippen LogP contribution in [0.3, 0.4) is 0 Å². The fraction of sp³-hybridized carbons (Fsp3) is 0.429. The van der Waals surface area contributed by atoms with Crippen molar-refractivity contribution in [2.75, 3.05) is 19.1 Å². The van der Waals surface area contributed by atoms with Gasteiger partial charge in [-0.15, -0.1) is 0 Å². The standard InChI is InChI=1S/C21H26N2O5/c1-27-20-12-3-15(13-21(20)28-2)14-22(17-8-10-19(24)11-9-17)16-4-6-18(7-5-16)23(25)26/h3-7,12-13,17,19,24H,8-11,14H2,1-2H3. The molecule has 2 aromatic carbocycles. The van der Waals surface area contributed by atoms with Crippen molar-refractivity contribution in [2.24, 2.45) is 0 Å². The molecule has 0 radical (unpaired) electrons. The first-order valence-electron chi connectivity index (χ1n) is 9.42. The highest BCUT2D eigenvalue weighted by atomic mass is 16.6. The van der Waals surface area contributed by atoms with Gasteiger partial charge in [0.1, 0.15) is 0 Å². The summed E-state index contributed by atoms with van der Waals surface area (Å²) < 4.78 is 10.7. The van der Waals surface area contributed by atoms with Crippen LogP contribution in [-0.2, 0) is 6.54 Å². The molecule has 1 aliphatic carbocycles. The van der Waals surface area contributed by atoms with E-state index in [2.05, 4.69) is 4.90 Å². The molecule has 28 heavy (non-hydrogen) atoms. The van der Waals surface area contributed by atoms with Crippen molar-refractivity contribution in [3.63, 3.8) is 0 Å². The Morgan fingerprint density at radius 3 is 2.25 bits per heavy atom. The van der Waals surface area contributed by atoms with Gasteiger partial charge < -0.3 is 19.5 Å². The SMILES string of the molecule is COc1ccc(CN(c2ccc([N+](=O)[O-])cc2)C2CCC(O)CC2)cc1OC. The number of methoxy groups -OCH3 is 2. The van der Waals surface area contributed by atoms with Crippen LogP contribution in [0.4, 0.5) is 11.4 Å². The van der Waals surface area contributed by atoms with E-state index in [1.54, 1.807) is 26.4 Å². The van der Waals surface area contributed by atoms with Gasteiger partial charge in [0.2, 0.25) is 0 Å². The molecule has 0 amide bonds. The molecule has 1 saturated carbocycles. The molecule has 1 fully saturated rings. The molecule has 0 atom stereocenters. The zero-order valence-corrected chi connectivity index (χ0v) is 16.2. The molecule has 150 valence electrons. The van der Waals surface area contributed by atoms with E-state index in [9.17, 15) is 15.2 Å². The molecule has 0 bridgehead atoms.